The Morgan fingerprint density at radius 3 is 2.44 bits per heavy atom. The molecule has 1 aromatic carbocycles. The van der Waals surface area contributed by atoms with Crippen molar-refractivity contribution < 1.29 is 19.1 Å². The van der Waals surface area contributed by atoms with E-state index in [1.54, 1.807) is 0 Å². The number of esters is 1. The summed E-state index contributed by atoms with van der Waals surface area (Å²) in [5, 5.41) is 5.54. The van der Waals surface area contributed by atoms with Crippen LogP contribution < -0.4 is 10.6 Å². The van der Waals surface area contributed by atoms with E-state index in [0.29, 0.717) is 19.5 Å². The molecule has 1 aliphatic rings. The lowest BCUT2D eigenvalue weighted by Gasteiger charge is -2.33. The van der Waals surface area contributed by atoms with Gasteiger partial charge in [-0.1, -0.05) is 24.3 Å². The van der Waals surface area contributed by atoms with Crippen molar-refractivity contribution in [3.63, 3.8) is 0 Å². The number of hydrogen-bond acceptors (Lipinski definition) is 5. The molecular weight excluding hydrogens is 346 g/mol. The number of likely N-dealkylation sites (N-methyl/N-ethyl adjacent to an activating group) is 1. The molecule has 7 heteroatoms. The van der Waals surface area contributed by atoms with Crippen LogP contribution in [-0.4, -0.2) is 55.5 Å². The predicted octanol–water partition coefficient (Wildman–Crippen LogP) is 1.17. The minimum Gasteiger partial charge on any atom is -0.468 e. The first-order valence-corrected chi connectivity index (χ1v) is 9.11. The van der Waals surface area contributed by atoms with Crippen molar-refractivity contribution in [2.24, 2.45) is 5.92 Å². The third-order valence-corrected chi connectivity index (χ3v) is 5.46. The normalized spacial score (nSPS) is 25.1. The van der Waals surface area contributed by atoms with E-state index < -0.39 is 11.5 Å². The number of nitrogens with zero attached hydrogens (tertiary/aromatic N) is 1. The fourth-order valence-corrected chi connectivity index (χ4v) is 3.84. The highest BCUT2D eigenvalue weighted by Gasteiger charge is 2.55. The maximum absolute atomic E-state index is 12.9. The van der Waals surface area contributed by atoms with Gasteiger partial charge in [0.25, 0.3) is 0 Å². The number of nitrogens with one attached hydrogen (secondary N) is 2. The first-order valence-electron chi connectivity index (χ1n) is 9.11. The SMILES string of the molecule is COC(=O)[C@]1(C)C[C@H](C(=O)NCCNC(C)=O)[C@H](c2ccccc2C)N1C. The van der Waals surface area contributed by atoms with Crippen LogP contribution in [0.15, 0.2) is 24.3 Å². The van der Waals surface area contributed by atoms with Crippen molar-refractivity contribution in [3.8, 4) is 0 Å². The number of carbonyl (C=O) groups is 3. The molecule has 0 saturated carbocycles. The Bertz CT molecular complexity index is 721. The first-order chi connectivity index (χ1) is 12.7. The second-order valence-corrected chi connectivity index (χ2v) is 7.26. The molecule has 1 heterocycles. The van der Waals surface area contributed by atoms with Gasteiger partial charge in [-0.15, -0.1) is 0 Å². The third kappa shape index (κ3) is 4.30. The number of carbonyl (C=O) groups excluding carboxylic acids is 3. The van der Waals surface area contributed by atoms with Gasteiger partial charge in [0.05, 0.1) is 13.0 Å². The average Bonchev–Trinajstić information content (AvgIpc) is 2.91. The standard InChI is InChI=1S/C20H29N3O4/c1-13-8-6-7-9-15(13)17-16(18(25)22-11-10-21-14(2)24)12-20(3,23(17)4)19(26)27-5/h6-9,16-17H,10-12H2,1-5H3,(H,21,24)(H,22,25)/t16-,17-,20-/m0/s1. The van der Waals surface area contributed by atoms with Crippen molar-refractivity contribution in [1.82, 2.24) is 15.5 Å². The summed E-state index contributed by atoms with van der Waals surface area (Å²) in [7, 11) is 3.23. The highest BCUT2D eigenvalue weighted by Crippen LogP contribution is 2.46. The minimum atomic E-state index is -0.888. The van der Waals surface area contributed by atoms with Crippen LogP contribution in [0.1, 0.15) is 37.4 Å². The molecular formula is C20H29N3O4. The van der Waals surface area contributed by atoms with Crippen LogP contribution in [0.5, 0.6) is 0 Å². The number of ether oxygens (including phenoxy) is 1. The Kier molecular flexibility index (Phi) is 6.59. The zero-order chi connectivity index (χ0) is 20.2. The predicted molar refractivity (Wildman–Crippen MR) is 102 cm³/mol. The number of likely N-dealkylation sites (tertiary alicyclic amines) is 1. The number of methoxy groups -OCH3 is 1. The van der Waals surface area contributed by atoms with Gasteiger partial charge in [-0.3, -0.25) is 19.3 Å². The Morgan fingerprint density at radius 1 is 1.22 bits per heavy atom. The van der Waals surface area contributed by atoms with Crippen molar-refractivity contribution in [1.29, 1.82) is 0 Å². The summed E-state index contributed by atoms with van der Waals surface area (Å²) >= 11 is 0. The summed E-state index contributed by atoms with van der Waals surface area (Å²) < 4.78 is 5.02. The zero-order valence-corrected chi connectivity index (χ0v) is 16.7. The third-order valence-electron chi connectivity index (χ3n) is 5.46. The molecule has 1 saturated heterocycles. The average molecular weight is 375 g/mol. The van der Waals surface area contributed by atoms with Crippen LogP contribution in [0.2, 0.25) is 0 Å². The fourth-order valence-electron chi connectivity index (χ4n) is 3.84. The summed E-state index contributed by atoms with van der Waals surface area (Å²) in [6, 6.07) is 7.65. The summed E-state index contributed by atoms with van der Waals surface area (Å²) in [5.74, 6) is -1.02. The van der Waals surface area contributed by atoms with E-state index in [0.717, 1.165) is 11.1 Å². The van der Waals surface area contributed by atoms with Crippen molar-refractivity contribution in [2.75, 3.05) is 27.2 Å². The van der Waals surface area contributed by atoms with E-state index in [1.165, 1.54) is 14.0 Å². The molecule has 2 N–H and O–H groups in total. The van der Waals surface area contributed by atoms with Gasteiger partial charge < -0.3 is 15.4 Å². The van der Waals surface area contributed by atoms with Gasteiger partial charge in [0, 0.05) is 26.1 Å². The van der Waals surface area contributed by atoms with E-state index in [1.807, 2.05) is 50.1 Å². The number of benzene rings is 1. The quantitative estimate of drug-likeness (QED) is 0.576. The van der Waals surface area contributed by atoms with Gasteiger partial charge in [-0.25, -0.2) is 0 Å². The van der Waals surface area contributed by atoms with E-state index in [4.69, 9.17) is 4.74 Å². The molecule has 2 amide bonds. The molecule has 7 nitrogen and oxygen atoms in total. The Balaban J connectivity index is 2.28. The molecule has 0 bridgehead atoms. The maximum atomic E-state index is 12.9. The Morgan fingerprint density at radius 2 is 1.85 bits per heavy atom. The lowest BCUT2D eigenvalue weighted by atomic mass is 9.88. The van der Waals surface area contributed by atoms with E-state index in [9.17, 15) is 14.4 Å². The monoisotopic (exact) mass is 375 g/mol. The molecule has 1 aliphatic heterocycles. The van der Waals surface area contributed by atoms with Crippen LogP contribution in [0.3, 0.4) is 0 Å². The van der Waals surface area contributed by atoms with E-state index >= 15 is 0 Å². The summed E-state index contributed by atoms with van der Waals surface area (Å²) in [4.78, 5) is 38.3. The second-order valence-electron chi connectivity index (χ2n) is 7.26. The highest BCUT2D eigenvalue weighted by molar-refractivity contribution is 5.86. The summed E-state index contributed by atoms with van der Waals surface area (Å²) in [6.45, 7) is 5.96. The second kappa shape index (κ2) is 8.52. The molecule has 0 aliphatic carbocycles. The molecule has 27 heavy (non-hydrogen) atoms. The lowest BCUT2D eigenvalue weighted by Crippen LogP contribution is -2.47. The number of rotatable bonds is 6. The Labute approximate surface area is 160 Å². The summed E-state index contributed by atoms with van der Waals surface area (Å²) in [5.41, 5.74) is 1.20. The van der Waals surface area contributed by atoms with Crippen molar-refractivity contribution >= 4 is 17.8 Å². The van der Waals surface area contributed by atoms with Gasteiger partial charge in [0.2, 0.25) is 11.8 Å². The maximum Gasteiger partial charge on any atom is 0.326 e. The van der Waals surface area contributed by atoms with Crippen LogP contribution >= 0.6 is 0 Å². The lowest BCUT2D eigenvalue weighted by molar-refractivity contribution is -0.152. The fraction of sp³-hybridized carbons (Fsp3) is 0.550. The summed E-state index contributed by atoms with van der Waals surface area (Å²) in [6.07, 6.45) is 0.362. The first kappa shape index (κ1) is 20.9. The Hall–Kier alpha value is -2.41. The van der Waals surface area contributed by atoms with Gasteiger partial charge in [-0.2, -0.15) is 0 Å². The zero-order valence-electron chi connectivity index (χ0n) is 16.7. The van der Waals surface area contributed by atoms with Crippen LogP contribution in [0.4, 0.5) is 0 Å². The largest absolute Gasteiger partial charge is 0.468 e. The molecule has 2 rings (SSSR count). The van der Waals surface area contributed by atoms with E-state index in [2.05, 4.69) is 10.6 Å². The molecule has 1 aromatic rings. The highest BCUT2D eigenvalue weighted by atomic mass is 16.5. The molecule has 0 radical (unpaired) electrons. The molecule has 148 valence electrons. The molecule has 1 fully saturated rings. The molecule has 0 spiro atoms. The molecule has 0 unspecified atom stereocenters. The topological polar surface area (TPSA) is 87.7 Å². The van der Waals surface area contributed by atoms with Crippen LogP contribution in [-0.2, 0) is 19.1 Å². The van der Waals surface area contributed by atoms with Gasteiger partial charge in [0.1, 0.15) is 5.54 Å². The molecule has 0 aromatic heterocycles. The van der Waals surface area contributed by atoms with Gasteiger partial charge in [0.15, 0.2) is 0 Å². The number of hydrogen-bond donors (Lipinski definition) is 2. The van der Waals surface area contributed by atoms with Crippen molar-refractivity contribution in [3.05, 3.63) is 35.4 Å². The van der Waals surface area contributed by atoms with Gasteiger partial charge >= 0.3 is 5.97 Å². The number of amides is 2. The molecule has 3 atom stereocenters. The van der Waals surface area contributed by atoms with Crippen molar-refractivity contribution in [2.45, 2.75) is 38.8 Å². The van der Waals surface area contributed by atoms with Crippen LogP contribution in [0, 0.1) is 12.8 Å². The van der Waals surface area contributed by atoms with Crippen LogP contribution in [0.25, 0.3) is 0 Å². The number of aryl methyl sites for hydroxylation is 1. The smallest absolute Gasteiger partial charge is 0.326 e. The van der Waals surface area contributed by atoms with E-state index in [-0.39, 0.29) is 23.8 Å². The van der Waals surface area contributed by atoms with Gasteiger partial charge in [-0.05, 0) is 38.4 Å². The minimum absolute atomic E-state index is 0.131.